The van der Waals surface area contributed by atoms with Gasteiger partial charge in [0, 0.05) is 17.3 Å². The summed E-state index contributed by atoms with van der Waals surface area (Å²) in [7, 11) is 0. The fourth-order valence-electron chi connectivity index (χ4n) is 1.45. The second-order valence-corrected chi connectivity index (χ2v) is 5.81. The Kier molecular flexibility index (Phi) is 3.39. The average molecular weight is 258 g/mol. The van der Waals surface area contributed by atoms with Gasteiger partial charge in [-0.15, -0.1) is 0 Å². The summed E-state index contributed by atoms with van der Waals surface area (Å²) in [6.45, 7) is 6.39. The third-order valence-corrected chi connectivity index (χ3v) is 3.42. The van der Waals surface area contributed by atoms with Crippen LogP contribution in [0.4, 0.5) is 0 Å². The van der Waals surface area contributed by atoms with Crippen LogP contribution in [0.2, 0.25) is 0 Å². The van der Waals surface area contributed by atoms with Crippen molar-refractivity contribution in [3.05, 3.63) is 40.4 Å². The van der Waals surface area contributed by atoms with Crippen LogP contribution in [-0.4, -0.2) is 9.97 Å². The van der Waals surface area contributed by atoms with Gasteiger partial charge in [-0.25, -0.2) is 9.97 Å². The first-order valence-electron chi connectivity index (χ1n) is 5.57. The van der Waals surface area contributed by atoms with Crippen LogP contribution in [0.15, 0.2) is 34.7 Å². The van der Waals surface area contributed by atoms with E-state index in [2.05, 4.69) is 42.1 Å². The van der Waals surface area contributed by atoms with E-state index < -0.39 is 0 Å². The van der Waals surface area contributed by atoms with Crippen molar-refractivity contribution in [1.29, 1.82) is 5.26 Å². The summed E-state index contributed by atoms with van der Waals surface area (Å²) < 4.78 is 0. The second-order valence-electron chi connectivity index (χ2n) is 4.93. The Bertz CT molecular complexity index is 547. The Morgan fingerprint density at radius 1 is 1.44 bits per heavy atom. The van der Waals surface area contributed by atoms with Crippen molar-refractivity contribution in [2.24, 2.45) is 5.41 Å². The third kappa shape index (κ3) is 2.54. The molecule has 1 aliphatic rings. The topological polar surface area (TPSA) is 61.6 Å². The summed E-state index contributed by atoms with van der Waals surface area (Å²) in [5.41, 5.74) is 2.36. The van der Waals surface area contributed by atoms with Crippen molar-refractivity contribution in [1.82, 2.24) is 15.3 Å². The molecule has 1 aromatic rings. The molecule has 0 spiro atoms. The summed E-state index contributed by atoms with van der Waals surface area (Å²) >= 11 is 1.53. The van der Waals surface area contributed by atoms with Gasteiger partial charge in [0.15, 0.2) is 0 Å². The highest BCUT2D eigenvalue weighted by Crippen LogP contribution is 2.37. The van der Waals surface area contributed by atoms with E-state index in [0.29, 0.717) is 11.3 Å². The minimum absolute atomic E-state index is 0.0426. The molecule has 2 heterocycles. The van der Waals surface area contributed by atoms with E-state index in [1.807, 2.05) is 5.41 Å². The highest BCUT2D eigenvalue weighted by atomic mass is 32.2. The van der Waals surface area contributed by atoms with E-state index in [1.54, 1.807) is 12.3 Å². The summed E-state index contributed by atoms with van der Waals surface area (Å²) in [5, 5.41) is 15.5. The molecule has 2 rings (SSSR count). The number of nitrogens with zero attached hydrogens (tertiary/aromatic N) is 3. The predicted molar refractivity (Wildman–Crippen MR) is 72.8 cm³/mol. The van der Waals surface area contributed by atoms with Gasteiger partial charge in [-0.05, 0) is 11.5 Å². The summed E-state index contributed by atoms with van der Waals surface area (Å²) in [5.74, 6) is 0. The number of rotatable bonds is 1. The normalized spacial score (nSPS) is 17.8. The zero-order chi connectivity index (χ0) is 13.2. The summed E-state index contributed by atoms with van der Waals surface area (Å²) in [6.07, 6.45) is 3.09. The molecular weight excluding hydrogens is 244 g/mol. The van der Waals surface area contributed by atoms with Gasteiger partial charge in [0.1, 0.15) is 18.0 Å². The Balaban J connectivity index is 2.32. The second kappa shape index (κ2) is 4.83. The van der Waals surface area contributed by atoms with Crippen molar-refractivity contribution in [2.45, 2.75) is 20.8 Å². The number of allylic oxidation sites excluding steroid dienone is 2. The minimum Gasteiger partial charge on any atom is -0.351 e. The zero-order valence-electron chi connectivity index (χ0n) is 10.6. The SMILES string of the molecule is CC(C)(C)C1=CSC(=C(C#N)c2ccncn2)N1. The van der Waals surface area contributed by atoms with Crippen LogP contribution in [0.1, 0.15) is 26.5 Å². The molecular formula is C13H14N4S. The first-order chi connectivity index (χ1) is 8.52. The Hall–Kier alpha value is -1.80. The van der Waals surface area contributed by atoms with Gasteiger partial charge < -0.3 is 5.32 Å². The fraction of sp³-hybridized carbons (Fsp3) is 0.308. The smallest absolute Gasteiger partial charge is 0.116 e. The number of hydrogen-bond donors (Lipinski definition) is 1. The first-order valence-corrected chi connectivity index (χ1v) is 6.45. The molecule has 0 aliphatic carbocycles. The molecule has 0 fully saturated rings. The molecule has 4 nitrogen and oxygen atoms in total. The van der Waals surface area contributed by atoms with Gasteiger partial charge in [0.25, 0.3) is 0 Å². The van der Waals surface area contributed by atoms with Crippen LogP contribution < -0.4 is 5.32 Å². The monoisotopic (exact) mass is 258 g/mol. The maximum absolute atomic E-state index is 9.28. The minimum atomic E-state index is 0.0426. The fourth-order valence-corrected chi connectivity index (χ4v) is 2.53. The number of hydrogen-bond acceptors (Lipinski definition) is 5. The Morgan fingerprint density at radius 3 is 2.72 bits per heavy atom. The van der Waals surface area contributed by atoms with Crippen molar-refractivity contribution >= 4 is 17.3 Å². The van der Waals surface area contributed by atoms with Gasteiger partial charge in [-0.2, -0.15) is 5.26 Å². The highest BCUT2D eigenvalue weighted by molar-refractivity contribution is 8.06. The van der Waals surface area contributed by atoms with E-state index >= 15 is 0 Å². The van der Waals surface area contributed by atoms with Crippen LogP contribution >= 0.6 is 11.8 Å². The number of nitrogens with one attached hydrogen (secondary N) is 1. The van der Waals surface area contributed by atoms with E-state index in [9.17, 15) is 5.26 Å². The van der Waals surface area contributed by atoms with Gasteiger partial charge in [0.05, 0.1) is 10.7 Å². The third-order valence-electron chi connectivity index (χ3n) is 2.53. The van der Waals surface area contributed by atoms with Crippen molar-refractivity contribution < 1.29 is 0 Å². The van der Waals surface area contributed by atoms with E-state index in [-0.39, 0.29) is 5.41 Å². The zero-order valence-corrected chi connectivity index (χ0v) is 11.4. The van der Waals surface area contributed by atoms with E-state index in [1.165, 1.54) is 18.1 Å². The molecule has 0 radical (unpaired) electrons. The Labute approximate surface area is 111 Å². The average Bonchev–Trinajstić information content (AvgIpc) is 2.81. The molecule has 0 atom stereocenters. The lowest BCUT2D eigenvalue weighted by molar-refractivity contribution is 0.481. The molecule has 0 saturated carbocycles. The maximum atomic E-state index is 9.28. The molecule has 5 heteroatoms. The number of aromatic nitrogens is 2. The number of thioether (sulfide) groups is 1. The molecule has 1 N–H and O–H groups in total. The lowest BCUT2D eigenvalue weighted by Crippen LogP contribution is -2.20. The Morgan fingerprint density at radius 2 is 2.22 bits per heavy atom. The predicted octanol–water partition coefficient (Wildman–Crippen LogP) is 2.89. The van der Waals surface area contributed by atoms with Crippen LogP contribution in [0.25, 0.3) is 5.57 Å². The molecule has 18 heavy (non-hydrogen) atoms. The van der Waals surface area contributed by atoms with Crippen LogP contribution in [-0.2, 0) is 0 Å². The quantitative estimate of drug-likeness (QED) is 0.785. The van der Waals surface area contributed by atoms with Crippen LogP contribution in [0.5, 0.6) is 0 Å². The van der Waals surface area contributed by atoms with Crippen LogP contribution in [0.3, 0.4) is 0 Å². The van der Waals surface area contributed by atoms with Crippen LogP contribution in [0, 0.1) is 16.7 Å². The summed E-state index contributed by atoms with van der Waals surface area (Å²) in [4.78, 5) is 7.97. The standard InChI is InChI=1S/C13H14N4S/c1-13(2,3)11-7-18-12(17-11)9(6-14)10-4-5-15-8-16-10/h4-5,7-8,17H,1-3H3. The highest BCUT2D eigenvalue weighted by Gasteiger charge is 2.24. The molecule has 0 bridgehead atoms. The molecule has 0 aromatic carbocycles. The maximum Gasteiger partial charge on any atom is 0.116 e. The molecule has 92 valence electrons. The molecule has 0 unspecified atom stereocenters. The molecule has 1 aromatic heterocycles. The van der Waals surface area contributed by atoms with E-state index in [4.69, 9.17) is 0 Å². The first kappa shape index (κ1) is 12.7. The van der Waals surface area contributed by atoms with Gasteiger partial charge >= 0.3 is 0 Å². The largest absolute Gasteiger partial charge is 0.351 e. The van der Waals surface area contributed by atoms with Crippen molar-refractivity contribution in [3.63, 3.8) is 0 Å². The molecule has 0 amide bonds. The lowest BCUT2D eigenvalue weighted by Gasteiger charge is -2.20. The van der Waals surface area contributed by atoms with E-state index in [0.717, 1.165) is 10.7 Å². The summed E-state index contributed by atoms with van der Waals surface area (Å²) in [6, 6.07) is 3.94. The van der Waals surface area contributed by atoms with Gasteiger partial charge in [-0.1, -0.05) is 32.5 Å². The lowest BCUT2D eigenvalue weighted by atomic mass is 9.93. The van der Waals surface area contributed by atoms with Crippen molar-refractivity contribution in [2.75, 3.05) is 0 Å². The van der Waals surface area contributed by atoms with Crippen molar-refractivity contribution in [3.8, 4) is 6.07 Å². The van der Waals surface area contributed by atoms with Gasteiger partial charge in [-0.3, -0.25) is 0 Å². The molecule has 1 aliphatic heterocycles. The number of nitriles is 1. The van der Waals surface area contributed by atoms with Gasteiger partial charge in [0.2, 0.25) is 0 Å². The molecule has 0 saturated heterocycles.